The Bertz CT molecular complexity index is 1090. The highest BCUT2D eigenvalue weighted by molar-refractivity contribution is 6.26. The van der Waals surface area contributed by atoms with E-state index in [0.29, 0.717) is 52.7 Å². The first kappa shape index (κ1) is 34.3. The van der Waals surface area contributed by atoms with Crippen LogP contribution in [0, 0.1) is 0 Å². The number of unbranched alkanes of at least 4 members (excludes halogenated alkanes) is 5. The van der Waals surface area contributed by atoms with Crippen LogP contribution in [0.1, 0.15) is 91.8 Å². The average Bonchev–Trinajstić information content (AvgIpc) is 3.24. The first-order valence-electron chi connectivity index (χ1n) is 15.4. The van der Waals surface area contributed by atoms with Gasteiger partial charge in [-0.15, -0.1) is 0 Å². The number of carbonyl (C=O) groups excluding carboxylic acids is 5. The number of imide groups is 2. The number of nitrogens with zero attached hydrogens (tertiary/aromatic N) is 1. The Labute approximate surface area is 253 Å². The molecule has 1 saturated heterocycles. The Kier molecular flexibility index (Phi) is 15.3. The summed E-state index contributed by atoms with van der Waals surface area (Å²) in [4.78, 5) is 63.3. The van der Waals surface area contributed by atoms with Gasteiger partial charge in [-0.2, -0.15) is 0 Å². The largest absolute Gasteiger partial charge is 0.379 e. The third-order valence-electron chi connectivity index (χ3n) is 7.19. The van der Waals surface area contributed by atoms with Crippen molar-refractivity contribution >= 4 is 35.2 Å². The fourth-order valence-electron chi connectivity index (χ4n) is 4.89. The van der Waals surface area contributed by atoms with Crippen molar-refractivity contribution in [2.45, 2.75) is 77.2 Å². The fourth-order valence-corrected chi connectivity index (χ4v) is 4.89. The Hall–Kier alpha value is -3.19. The van der Waals surface area contributed by atoms with E-state index in [9.17, 15) is 24.0 Å². The molecule has 0 aromatic heterocycles. The van der Waals surface area contributed by atoms with Crippen LogP contribution < -0.4 is 10.6 Å². The van der Waals surface area contributed by atoms with E-state index in [1.165, 1.54) is 25.3 Å². The summed E-state index contributed by atoms with van der Waals surface area (Å²) in [6.45, 7) is 6.73. The number of piperidine rings is 1. The Morgan fingerprint density at radius 1 is 0.814 bits per heavy atom. The van der Waals surface area contributed by atoms with E-state index >= 15 is 0 Å². The van der Waals surface area contributed by atoms with Crippen LogP contribution in [-0.4, -0.2) is 93.3 Å². The molecule has 12 nitrogen and oxygen atoms in total. The molecule has 1 aromatic rings. The summed E-state index contributed by atoms with van der Waals surface area (Å²) in [7, 11) is 0. The highest BCUT2D eigenvalue weighted by atomic mass is 16.6. The lowest BCUT2D eigenvalue weighted by atomic mass is 10.0. The molecular formula is C31H45N3O9. The number of carbonyl (C=O) groups is 5. The van der Waals surface area contributed by atoms with E-state index in [1.807, 2.05) is 0 Å². The Morgan fingerprint density at radius 3 is 2.02 bits per heavy atom. The molecule has 12 heteroatoms. The molecule has 1 unspecified atom stereocenters. The van der Waals surface area contributed by atoms with E-state index < -0.39 is 29.7 Å². The first-order valence-corrected chi connectivity index (χ1v) is 15.4. The van der Waals surface area contributed by atoms with Crippen molar-refractivity contribution in [2.24, 2.45) is 0 Å². The minimum atomic E-state index is -1.06. The first-order chi connectivity index (χ1) is 20.9. The zero-order valence-electron chi connectivity index (χ0n) is 25.2. The van der Waals surface area contributed by atoms with Crippen molar-refractivity contribution in [3.63, 3.8) is 0 Å². The summed E-state index contributed by atoms with van der Waals surface area (Å²) in [6, 6.07) is 3.57. The number of hydrogen-bond donors (Lipinski definition) is 2. The molecule has 0 radical (unpaired) electrons. The molecule has 2 aliphatic rings. The molecular weight excluding hydrogens is 558 g/mol. The molecule has 0 bridgehead atoms. The minimum absolute atomic E-state index is 0.0393. The molecule has 43 heavy (non-hydrogen) atoms. The summed E-state index contributed by atoms with van der Waals surface area (Å²) >= 11 is 0. The molecule has 2 heterocycles. The smallest absolute Gasteiger partial charge is 0.264 e. The van der Waals surface area contributed by atoms with Crippen LogP contribution in [0.15, 0.2) is 18.2 Å². The molecule has 1 fully saturated rings. The molecule has 3 rings (SSSR count). The number of amides is 5. The maximum Gasteiger partial charge on any atom is 0.264 e. The molecule has 1 aromatic carbocycles. The maximum absolute atomic E-state index is 13.1. The van der Waals surface area contributed by atoms with E-state index in [2.05, 4.69) is 17.6 Å². The zero-order valence-corrected chi connectivity index (χ0v) is 25.2. The topological polar surface area (TPSA) is 150 Å². The third-order valence-corrected chi connectivity index (χ3v) is 7.19. The normalized spacial score (nSPS) is 16.5. The Balaban J connectivity index is 1.22. The van der Waals surface area contributed by atoms with Crippen LogP contribution in [0.2, 0.25) is 0 Å². The molecule has 1 atom stereocenters. The molecule has 2 N–H and O–H groups in total. The summed E-state index contributed by atoms with van der Waals surface area (Å²) in [5.41, 5.74) is 0.421. The van der Waals surface area contributed by atoms with Gasteiger partial charge in [0.1, 0.15) is 6.04 Å². The summed E-state index contributed by atoms with van der Waals surface area (Å²) < 4.78 is 22.1. The van der Waals surface area contributed by atoms with Gasteiger partial charge in [0.15, 0.2) is 0 Å². The second-order valence-electron chi connectivity index (χ2n) is 10.5. The number of rotatable bonds is 22. The molecule has 0 saturated carbocycles. The SMILES string of the molecule is CCCCCCOCCOCCOCCOCCCCCC(=O)Nc1cccc2c1C(=O)N(C1CCC(=O)NC1=O)C2=O. The molecule has 5 amide bonds. The number of anilines is 1. The van der Waals surface area contributed by atoms with Gasteiger partial charge in [0, 0.05) is 26.1 Å². The van der Waals surface area contributed by atoms with E-state index in [1.54, 1.807) is 12.1 Å². The van der Waals surface area contributed by atoms with Gasteiger partial charge in [0.2, 0.25) is 17.7 Å². The predicted molar refractivity (Wildman–Crippen MR) is 158 cm³/mol. The van der Waals surface area contributed by atoms with Crippen LogP contribution in [-0.2, 0) is 33.3 Å². The van der Waals surface area contributed by atoms with Gasteiger partial charge in [-0.25, -0.2) is 0 Å². The van der Waals surface area contributed by atoms with Crippen LogP contribution in [0.3, 0.4) is 0 Å². The van der Waals surface area contributed by atoms with Gasteiger partial charge < -0.3 is 24.3 Å². The van der Waals surface area contributed by atoms with E-state index in [0.717, 1.165) is 30.8 Å². The van der Waals surface area contributed by atoms with Crippen LogP contribution in [0.4, 0.5) is 5.69 Å². The number of hydrogen-bond acceptors (Lipinski definition) is 9. The number of ether oxygens (including phenoxy) is 4. The third kappa shape index (κ3) is 11.1. The van der Waals surface area contributed by atoms with Crippen molar-refractivity contribution in [3.05, 3.63) is 29.3 Å². The van der Waals surface area contributed by atoms with Crippen molar-refractivity contribution in [3.8, 4) is 0 Å². The highest BCUT2D eigenvalue weighted by Gasteiger charge is 2.45. The second kappa shape index (κ2) is 19.2. The fraction of sp³-hybridized carbons (Fsp3) is 0.645. The number of fused-ring (bicyclic) bond motifs is 1. The van der Waals surface area contributed by atoms with Gasteiger partial charge in [-0.1, -0.05) is 38.7 Å². The van der Waals surface area contributed by atoms with E-state index in [4.69, 9.17) is 18.9 Å². The van der Waals surface area contributed by atoms with Crippen LogP contribution >= 0.6 is 0 Å². The van der Waals surface area contributed by atoms with Crippen molar-refractivity contribution in [2.75, 3.05) is 58.2 Å². The number of nitrogens with one attached hydrogen (secondary N) is 2. The lowest BCUT2D eigenvalue weighted by Crippen LogP contribution is -2.54. The average molecular weight is 604 g/mol. The van der Waals surface area contributed by atoms with Gasteiger partial charge in [-0.05, 0) is 37.8 Å². The van der Waals surface area contributed by atoms with Gasteiger partial charge in [0.05, 0.1) is 56.5 Å². The predicted octanol–water partition coefficient (Wildman–Crippen LogP) is 3.23. The second-order valence-corrected chi connectivity index (χ2v) is 10.5. The molecule has 0 aliphatic carbocycles. The summed E-state index contributed by atoms with van der Waals surface area (Å²) in [5.74, 6) is -2.66. The summed E-state index contributed by atoms with van der Waals surface area (Å²) in [6.07, 6.45) is 7.37. The van der Waals surface area contributed by atoms with Crippen LogP contribution in [0.25, 0.3) is 0 Å². The maximum atomic E-state index is 13.1. The van der Waals surface area contributed by atoms with E-state index in [-0.39, 0.29) is 42.0 Å². The molecule has 238 valence electrons. The van der Waals surface area contributed by atoms with Gasteiger partial charge in [0.25, 0.3) is 11.8 Å². The Morgan fingerprint density at radius 2 is 1.42 bits per heavy atom. The molecule has 2 aliphatic heterocycles. The van der Waals surface area contributed by atoms with Crippen molar-refractivity contribution in [1.29, 1.82) is 0 Å². The standard InChI is InChI=1S/C31H45N3O9/c1-2-3-4-7-15-40-17-19-42-21-22-43-20-18-41-16-8-5-6-12-26(35)32-24-11-9-10-23-28(24)31(39)34(30(23)38)25-13-14-27(36)33-29(25)37/h9-11,25H,2-8,12-22H2,1H3,(H,32,35)(H,33,36,37). The van der Waals surface area contributed by atoms with Crippen molar-refractivity contribution in [1.82, 2.24) is 10.2 Å². The lowest BCUT2D eigenvalue weighted by molar-refractivity contribution is -0.136. The van der Waals surface area contributed by atoms with Crippen molar-refractivity contribution < 1.29 is 42.9 Å². The van der Waals surface area contributed by atoms with Crippen LogP contribution in [0.5, 0.6) is 0 Å². The lowest BCUT2D eigenvalue weighted by Gasteiger charge is -2.27. The monoisotopic (exact) mass is 603 g/mol. The minimum Gasteiger partial charge on any atom is -0.379 e. The van der Waals surface area contributed by atoms with Gasteiger partial charge >= 0.3 is 0 Å². The zero-order chi connectivity index (χ0) is 30.9. The quantitative estimate of drug-likeness (QED) is 0.150. The number of benzene rings is 1. The molecule has 0 spiro atoms. The van der Waals surface area contributed by atoms with Gasteiger partial charge in [-0.3, -0.25) is 34.2 Å². The summed E-state index contributed by atoms with van der Waals surface area (Å²) in [5, 5.41) is 4.91. The highest BCUT2D eigenvalue weighted by Crippen LogP contribution is 2.32.